The summed E-state index contributed by atoms with van der Waals surface area (Å²) in [6, 6.07) is 1.58. The zero-order valence-electron chi connectivity index (χ0n) is 4.05. The quantitative estimate of drug-likeness (QED) is 0.589. The number of rotatable bonds is 1. The Labute approximate surface area is 50.9 Å². The lowest BCUT2D eigenvalue weighted by Crippen LogP contribution is -2.08. The first-order chi connectivity index (χ1) is 3.80. The Morgan fingerprint density at radius 2 is 2.62 bits per heavy atom. The Morgan fingerprint density at radius 3 is 2.88 bits per heavy atom. The van der Waals surface area contributed by atoms with E-state index in [1.165, 1.54) is 11.3 Å². The van der Waals surface area contributed by atoms with Crippen molar-refractivity contribution < 1.29 is 4.79 Å². The number of nitrogens with two attached hydrogens (primary N) is 1. The fourth-order valence-corrected chi connectivity index (χ4v) is 0.932. The summed E-state index contributed by atoms with van der Waals surface area (Å²) in [6.07, 6.45) is 0. The van der Waals surface area contributed by atoms with Crippen LogP contribution in [0.15, 0.2) is 11.4 Å². The molecule has 0 aliphatic carbocycles. The average Bonchev–Trinajstić information content (AvgIpc) is 2.12. The number of hydrogen-bond acceptors (Lipinski definition) is 2. The molecule has 0 bridgehead atoms. The Bertz CT molecular complexity index is 180. The van der Waals surface area contributed by atoms with E-state index in [1.54, 1.807) is 11.4 Å². The van der Waals surface area contributed by atoms with E-state index in [0.717, 1.165) is 0 Å². The molecule has 1 rings (SSSR count). The highest BCUT2D eigenvalue weighted by atomic mass is 32.1. The third kappa shape index (κ3) is 0.869. The molecule has 3 heteroatoms. The molecule has 1 amide bonds. The second kappa shape index (κ2) is 1.96. The summed E-state index contributed by atoms with van der Waals surface area (Å²) < 4.78 is 0. The predicted molar refractivity (Wildman–Crippen MR) is 31.7 cm³/mol. The van der Waals surface area contributed by atoms with Crippen LogP contribution in [-0.4, -0.2) is 5.91 Å². The lowest BCUT2D eigenvalue weighted by atomic mass is 10.3. The molecule has 1 aromatic heterocycles. The average molecular weight is 126 g/mol. The van der Waals surface area contributed by atoms with Crippen LogP contribution < -0.4 is 5.73 Å². The molecule has 1 radical (unpaired) electrons. The van der Waals surface area contributed by atoms with E-state index < -0.39 is 0 Å². The number of thiophene rings is 1. The van der Waals surface area contributed by atoms with Crippen molar-refractivity contribution in [3.8, 4) is 0 Å². The zero-order chi connectivity index (χ0) is 5.98. The van der Waals surface area contributed by atoms with Crippen LogP contribution in [0.5, 0.6) is 0 Å². The van der Waals surface area contributed by atoms with E-state index in [2.05, 4.69) is 5.38 Å². The minimum atomic E-state index is -0.387. The van der Waals surface area contributed by atoms with Crippen molar-refractivity contribution in [1.29, 1.82) is 0 Å². The van der Waals surface area contributed by atoms with Crippen LogP contribution in [0.4, 0.5) is 0 Å². The normalized spacial score (nSPS) is 9.00. The van der Waals surface area contributed by atoms with Crippen molar-refractivity contribution in [3.05, 3.63) is 22.4 Å². The summed E-state index contributed by atoms with van der Waals surface area (Å²) in [5.41, 5.74) is 5.44. The molecule has 0 aromatic carbocycles. The highest BCUT2D eigenvalue weighted by Gasteiger charge is 1.96. The molecule has 0 atom stereocenters. The van der Waals surface area contributed by atoms with Gasteiger partial charge in [-0.15, -0.1) is 11.3 Å². The standard InChI is InChI=1S/C5H4NOS/c6-5(7)4-1-2-8-3-4/h1,3H,(H2,6,7). The molecule has 0 aliphatic rings. The Morgan fingerprint density at radius 1 is 1.88 bits per heavy atom. The third-order valence-electron chi connectivity index (χ3n) is 0.753. The van der Waals surface area contributed by atoms with Gasteiger partial charge in [0, 0.05) is 10.8 Å². The van der Waals surface area contributed by atoms with Gasteiger partial charge >= 0.3 is 0 Å². The molecule has 1 heterocycles. The maximum Gasteiger partial charge on any atom is 0.249 e. The summed E-state index contributed by atoms with van der Waals surface area (Å²) in [4.78, 5) is 10.3. The fourth-order valence-electron chi connectivity index (χ4n) is 0.358. The van der Waals surface area contributed by atoms with Gasteiger partial charge in [-0.2, -0.15) is 0 Å². The molecule has 0 fully saturated rings. The highest BCUT2D eigenvalue weighted by molar-refractivity contribution is 7.07. The molecule has 0 unspecified atom stereocenters. The van der Waals surface area contributed by atoms with Crippen molar-refractivity contribution in [2.75, 3.05) is 0 Å². The van der Waals surface area contributed by atoms with E-state index in [4.69, 9.17) is 5.73 Å². The van der Waals surface area contributed by atoms with Crippen molar-refractivity contribution in [3.63, 3.8) is 0 Å². The monoisotopic (exact) mass is 126 g/mol. The van der Waals surface area contributed by atoms with Crippen LogP contribution in [0.3, 0.4) is 0 Å². The van der Waals surface area contributed by atoms with Crippen LogP contribution in [0, 0.1) is 5.38 Å². The number of amides is 1. The van der Waals surface area contributed by atoms with Gasteiger partial charge in [-0.05, 0) is 6.07 Å². The van der Waals surface area contributed by atoms with Crippen LogP contribution in [0.1, 0.15) is 10.4 Å². The highest BCUT2D eigenvalue weighted by Crippen LogP contribution is 2.02. The Kier molecular flexibility index (Phi) is 1.30. The van der Waals surface area contributed by atoms with Gasteiger partial charge < -0.3 is 5.73 Å². The lowest BCUT2D eigenvalue weighted by Gasteiger charge is -1.80. The summed E-state index contributed by atoms with van der Waals surface area (Å²) in [5.74, 6) is -0.387. The van der Waals surface area contributed by atoms with Gasteiger partial charge in [0.15, 0.2) is 0 Å². The van der Waals surface area contributed by atoms with Crippen LogP contribution >= 0.6 is 11.3 Å². The number of primary amides is 1. The minimum Gasteiger partial charge on any atom is -0.366 e. The minimum absolute atomic E-state index is 0.387. The van der Waals surface area contributed by atoms with E-state index in [1.807, 2.05) is 0 Å². The van der Waals surface area contributed by atoms with E-state index in [9.17, 15) is 4.79 Å². The number of carbonyl (C=O) groups excluding carboxylic acids is 1. The van der Waals surface area contributed by atoms with E-state index in [-0.39, 0.29) is 5.91 Å². The molecule has 8 heavy (non-hydrogen) atoms. The molecule has 1 aromatic rings. The Balaban J connectivity index is 2.93. The van der Waals surface area contributed by atoms with Crippen LogP contribution in [0.2, 0.25) is 0 Å². The summed E-state index contributed by atoms with van der Waals surface area (Å²) >= 11 is 1.34. The topological polar surface area (TPSA) is 43.1 Å². The van der Waals surface area contributed by atoms with Gasteiger partial charge in [0.2, 0.25) is 5.91 Å². The first-order valence-corrected chi connectivity index (χ1v) is 2.93. The smallest absolute Gasteiger partial charge is 0.249 e. The third-order valence-corrected chi connectivity index (χ3v) is 1.38. The molecular formula is C5H4NOS. The van der Waals surface area contributed by atoms with E-state index >= 15 is 0 Å². The molecule has 0 aliphatic heterocycles. The molecule has 41 valence electrons. The van der Waals surface area contributed by atoms with Gasteiger partial charge in [0.25, 0.3) is 0 Å². The Hall–Kier alpha value is -0.830. The van der Waals surface area contributed by atoms with Gasteiger partial charge in [-0.25, -0.2) is 0 Å². The first-order valence-electron chi connectivity index (χ1n) is 2.05. The van der Waals surface area contributed by atoms with Gasteiger partial charge in [0.05, 0.1) is 5.56 Å². The lowest BCUT2D eigenvalue weighted by molar-refractivity contribution is 0.100. The number of hydrogen-bond donors (Lipinski definition) is 1. The van der Waals surface area contributed by atoms with Crippen molar-refractivity contribution >= 4 is 17.2 Å². The first kappa shape index (κ1) is 5.31. The van der Waals surface area contributed by atoms with Crippen molar-refractivity contribution in [1.82, 2.24) is 0 Å². The van der Waals surface area contributed by atoms with Crippen molar-refractivity contribution in [2.45, 2.75) is 0 Å². The predicted octanol–water partition coefficient (Wildman–Crippen LogP) is 0.647. The maximum atomic E-state index is 10.3. The summed E-state index contributed by atoms with van der Waals surface area (Å²) in [6.45, 7) is 0. The molecular weight excluding hydrogens is 122 g/mol. The zero-order valence-corrected chi connectivity index (χ0v) is 4.87. The molecule has 0 saturated heterocycles. The second-order valence-electron chi connectivity index (χ2n) is 1.32. The summed E-state index contributed by atoms with van der Waals surface area (Å²) in [5, 5.41) is 4.42. The van der Waals surface area contributed by atoms with Crippen molar-refractivity contribution in [2.24, 2.45) is 5.73 Å². The van der Waals surface area contributed by atoms with E-state index in [0.29, 0.717) is 5.56 Å². The van der Waals surface area contributed by atoms with Gasteiger partial charge in [0.1, 0.15) is 0 Å². The fraction of sp³-hybridized carbons (Fsp3) is 0. The maximum absolute atomic E-state index is 10.3. The molecule has 2 nitrogen and oxygen atoms in total. The molecule has 2 N–H and O–H groups in total. The van der Waals surface area contributed by atoms with Gasteiger partial charge in [-0.1, -0.05) is 0 Å². The number of carbonyl (C=O) groups is 1. The molecule has 0 saturated carbocycles. The van der Waals surface area contributed by atoms with Crippen LogP contribution in [-0.2, 0) is 0 Å². The molecule has 0 spiro atoms. The summed E-state index contributed by atoms with van der Waals surface area (Å²) in [7, 11) is 0. The van der Waals surface area contributed by atoms with Gasteiger partial charge in [-0.3, -0.25) is 4.79 Å². The second-order valence-corrected chi connectivity index (χ2v) is 2.02. The van der Waals surface area contributed by atoms with Crippen LogP contribution in [0.25, 0.3) is 0 Å². The SMILES string of the molecule is NC(=O)c1c[c]sc1. The largest absolute Gasteiger partial charge is 0.366 e.